The van der Waals surface area contributed by atoms with Crippen LogP contribution < -0.4 is 4.90 Å². The molecule has 0 atom stereocenters. The molecule has 1 rings (SSSR count). The van der Waals surface area contributed by atoms with E-state index in [1.54, 1.807) is 0 Å². The van der Waals surface area contributed by atoms with Crippen molar-refractivity contribution in [3.05, 3.63) is 29.8 Å². The van der Waals surface area contributed by atoms with Gasteiger partial charge in [0.1, 0.15) is 0 Å². The second-order valence-electron chi connectivity index (χ2n) is 4.50. The Morgan fingerprint density at radius 3 is 2.41 bits per heavy atom. The smallest absolute Gasteiger partial charge is 0.0494 e. The molecule has 0 radical (unpaired) electrons. The van der Waals surface area contributed by atoms with Gasteiger partial charge in [0.25, 0.3) is 0 Å². The first kappa shape index (κ1) is 14.3. The summed E-state index contributed by atoms with van der Waals surface area (Å²) in [6.45, 7) is 5.43. The van der Waals surface area contributed by atoms with E-state index in [9.17, 15) is 0 Å². The highest BCUT2D eigenvalue weighted by Crippen LogP contribution is 2.22. The van der Waals surface area contributed by atoms with E-state index in [-0.39, 0.29) is 0 Å². The van der Waals surface area contributed by atoms with Gasteiger partial charge in [0, 0.05) is 24.7 Å². The number of halogens is 1. The Labute approximate surface area is 110 Å². The third-order valence-corrected chi connectivity index (χ3v) is 3.18. The van der Waals surface area contributed by atoms with Crippen LogP contribution in [0.1, 0.15) is 18.9 Å². The SMILES string of the molecule is CCN(CCCN(C)C)c1ccccc1CCl. The monoisotopic (exact) mass is 254 g/mol. The summed E-state index contributed by atoms with van der Waals surface area (Å²) in [5, 5.41) is 0. The summed E-state index contributed by atoms with van der Waals surface area (Å²) in [7, 11) is 4.23. The maximum atomic E-state index is 5.98. The molecule has 0 aromatic heterocycles. The highest BCUT2D eigenvalue weighted by atomic mass is 35.5. The zero-order valence-electron chi connectivity index (χ0n) is 11.1. The number of alkyl halides is 1. The van der Waals surface area contributed by atoms with Crippen molar-refractivity contribution in [2.75, 3.05) is 38.6 Å². The van der Waals surface area contributed by atoms with Gasteiger partial charge in [-0.2, -0.15) is 0 Å². The van der Waals surface area contributed by atoms with Crippen molar-refractivity contribution in [1.82, 2.24) is 4.90 Å². The van der Waals surface area contributed by atoms with E-state index in [0.29, 0.717) is 5.88 Å². The first-order valence-corrected chi connectivity index (χ1v) is 6.76. The van der Waals surface area contributed by atoms with Crippen LogP contribution in [0.25, 0.3) is 0 Å². The minimum atomic E-state index is 0.584. The molecule has 0 aliphatic rings. The van der Waals surface area contributed by atoms with Crippen LogP contribution in [0.15, 0.2) is 24.3 Å². The van der Waals surface area contributed by atoms with Crippen LogP contribution in [0.5, 0.6) is 0 Å². The Hall–Kier alpha value is -0.730. The van der Waals surface area contributed by atoms with Gasteiger partial charge in [-0.25, -0.2) is 0 Å². The lowest BCUT2D eigenvalue weighted by atomic mass is 10.1. The van der Waals surface area contributed by atoms with Gasteiger partial charge in [-0.3, -0.25) is 0 Å². The zero-order valence-corrected chi connectivity index (χ0v) is 11.9. The summed E-state index contributed by atoms with van der Waals surface area (Å²) < 4.78 is 0. The zero-order chi connectivity index (χ0) is 12.7. The van der Waals surface area contributed by atoms with E-state index in [1.807, 2.05) is 0 Å². The molecule has 0 unspecified atom stereocenters. The highest BCUT2D eigenvalue weighted by Gasteiger charge is 2.08. The van der Waals surface area contributed by atoms with Crippen LogP contribution in [-0.4, -0.2) is 38.6 Å². The van der Waals surface area contributed by atoms with Gasteiger partial charge in [-0.05, 0) is 45.6 Å². The lowest BCUT2D eigenvalue weighted by Crippen LogP contribution is -2.27. The van der Waals surface area contributed by atoms with E-state index in [2.05, 4.69) is 55.1 Å². The molecule has 0 amide bonds. The highest BCUT2D eigenvalue weighted by molar-refractivity contribution is 6.17. The van der Waals surface area contributed by atoms with Crippen LogP contribution in [0.3, 0.4) is 0 Å². The van der Waals surface area contributed by atoms with Crippen molar-refractivity contribution >= 4 is 17.3 Å². The third-order valence-electron chi connectivity index (χ3n) is 2.89. The second kappa shape index (κ2) is 7.57. The molecular weight excluding hydrogens is 232 g/mol. The fraction of sp³-hybridized carbons (Fsp3) is 0.571. The molecular formula is C14H23ClN2. The fourth-order valence-corrected chi connectivity index (χ4v) is 2.19. The maximum Gasteiger partial charge on any atom is 0.0494 e. The number of benzene rings is 1. The van der Waals surface area contributed by atoms with Crippen LogP contribution in [0, 0.1) is 0 Å². The molecule has 17 heavy (non-hydrogen) atoms. The van der Waals surface area contributed by atoms with Crippen LogP contribution in [0.4, 0.5) is 5.69 Å². The van der Waals surface area contributed by atoms with Gasteiger partial charge in [0.15, 0.2) is 0 Å². The van der Waals surface area contributed by atoms with Crippen molar-refractivity contribution < 1.29 is 0 Å². The van der Waals surface area contributed by atoms with Crippen LogP contribution in [-0.2, 0) is 5.88 Å². The van der Waals surface area contributed by atoms with Crippen LogP contribution in [0.2, 0.25) is 0 Å². The molecule has 1 aromatic rings. The van der Waals surface area contributed by atoms with Crippen molar-refractivity contribution in [3.8, 4) is 0 Å². The molecule has 0 saturated carbocycles. The Morgan fingerprint density at radius 2 is 1.82 bits per heavy atom. The lowest BCUT2D eigenvalue weighted by molar-refractivity contribution is 0.400. The van der Waals surface area contributed by atoms with Crippen molar-refractivity contribution in [2.24, 2.45) is 0 Å². The summed E-state index contributed by atoms with van der Waals surface area (Å²) in [6.07, 6.45) is 1.18. The number of hydrogen-bond donors (Lipinski definition) is 0. The molecule has 0 fully saturated rings. The summed E-state index contributed by atoms with van der Waals surface area (Å²) in [4.78, 5) is 4.63. The normalized spacial score (nSPS) is 10.9. The van der Waals surface area contributed by atoms with Gasteiger partial charge in [-0.1, -0.05) is 18.2 Å². The number of nitrogens with zero attached hydrogens (tertiary/aromatic N) is 2. The predicted octanol–water partition coefficient (Wildman–Crippen LogP) is 3.20. The molecule has 0 spiro atoms. The Balaban J connectivity index is 2.65. The average molecular weight is 255 g/mol. The minimum absolute atomic E-state index is 0.584. The van der Waals surface area contributed by atoms with Gasteiger partial charge in [-0.15, -0.1) is 11.6 Å². The summed E-state index contributed by atoms with van der Waals surface area (Å²) in [5.41, 5.74) is 2.50. The predicted molar refractivity (Wildman–Crippen MR) is 77.1 cm³/mol. The summed E-state index contributed by atoms with van der Waals surface area (Å²) in [6, 6.07) is 8.41. The molecule has 0 aliphatic carbocycles. The molecule has 3 heteroatoms. The maximum absolute atomic E-state index is 5.98. The molecule has 0 N–H and O–H groups in total. The Bertz CT molecular complexity index is 326. The third kappa shape index (κ3) is 4.57. The van der Waals surface area contributed by atoms with E-state index in [4.69, 9.17) is 11.6 Å². The van der Waals surface area contributed by atoms with Gasteiger partial charge >= 0.3 is 0 Å². The first-order valence-electron chi connectivity index (χ1n) is 6.22. The number of rotatable bonds is 7. The fourth-order valence-electron chi connectivity index (χ4n) is 1.96. The molecule has 0 heterocycles. The molecule has 96 valence electrons. The van der Waals surface area contributed by atoms with E-state index in [0.717, 1.165) is 19.6 Å². The standard InChI is InChI=1S/C14H23ClN2/c1-4-17(11-7-10-16(2)3)14-9-6-5-8-13(14)12-15/h5-6,8-9H,4,7,10-12H2,1-3H3. The molecule has 1 aromatic carbocycles. The Kier molecular flexibility index (Phi) is 6.38. The van der Waals surface area contributed by atoms with Gasteiger partial charge in [0.2, 0.25) is 0 Å². The summed E-state index contributed by atoms with van der Waals surface area (Å²) in [5.74, 6) is 0.584. The second-order valence-corrected chi connectivity index (χ2v) is 4.77. The number of para-hydroxylation sites is 1. The minimum Gasteiger partial charge on any atom is -0.372 e. The van der Waals surface area contributed by atoms with E-state index >= 15 is 0 Å². The topological polar surface area (TPSA) is 6.48 Å². The number of anilines is 1. The summed E-state index contributed by atoms with van der Waals surface area (Å²) >= 11 is 5.98. The van der Waals surface area contributed by atoms with Crippen molar-refractivity contribution in [2.45, 2.75) is 19.2 Å². The molecule has 0 saturated heterocycles. The number of hydrogen-bond acceptors (Lipinski definition) is 2. The lowest BCUT2D eigenvalue weighted by Gasteiger charge is -2.26. The Morgan fingerprint density at radius 1 is 1.12 bits per heavy atom. The largest absolute Gasteiger partial charge is 0.372 e. The molecule has 2 nitrogen and oxygen atoms in total. The molecule has 0 bridgehead atoms. The van der Waals surface area contributed by atoms with Crippen molar-refractivity contribution in [1.29, 1.82) is 0 Å². The molecule has 0 aliphatic heterocycles. The van der Waals surface area contributed by atoms with Gasteiger partial charge < -0.3 is 9.80 Å². The first-order chi connectivity index (χ1) is 8.19. The van der Waals surface area contributed by atoms with E-state index < -0.39 is 0 Å². The van der Waals surface area contributed by atoms with Gasteiger partial charge in [0.05, 0.1) is 0 Å². The quantitative estimate of drug-likeness (QED) is 0.690. The van der Waals surface area contributed by atoms with Crippen molar-refractivity contribution in [3.63, 3.8) is 0 Å². The van der Waals surface area contributed by atoms with Crippen LogP contribution >= 0.6 is 11.6 Å². The average Bonchev–Trinajstić information content (AvgIpc) is 2.34. The van der Waals surface area contributed by atoms with E-state index in [1.165, 1.54) is 17.7 Å².